The molecule has 0 saturated carbocycles. The van der Waals surface area contributed by atoms with Gasteiger partial charge in [-0.1, -0.05) is 13.8 Å². The van der Waals surface area contributed by atoms with E-state index < -0.39 is 0 Å². The molecule has 2 aromatic rings. The Morgan fingerprint density at radius 3 is 2.79 bits per heavy atom. The van der Waals surface area contributed by atoms with Gasteiger partial charge in [0.2, 0.25) is 0 Å². The SMILES string of the molecule is CC(C)c1ncc(NN)c(C(=O)Nc2cn[nH]c2)n1. The monoisotopic (exact) mass is 261 g/mol. The standard InChI is InChI=1S/C11H15N7O/c1-6(2)10-13-5-8(18-12)9(17-10)11(19)16-7-3-14-15-4-7/h3-6,18H,12H2,1-2H3,(H,14,15)(H,16,19). The first-order valence-electron chi connectivity index (χ1n) is 5.75. The maximum atomic E-state index is 12.1. The molecule has 19 heavy (non-hydrogen) atoms. The van der Waals surface area contributed by atoms with Crippen molar-refractivity contribution in [2.75, 3.05) is 10.7 Å². The van der Waals surface area contributed by atoms with E-state index >= 15 is 0 Å². The quantitative estimate of drug-likeness (QED) is 0.478. The van der Waals surface area contributed by atoms with Crippen LogP contribution in [-0.4, -0.2) is 26.1 Å². The van der Waals surface area contributed by atoms with Crippen LogP contribution in [0.2, 0.25) is 0 Å². The number of carbonyl (C=O) groups excluding carboxylic acids is 1. The van der Waals surface area contributed by atoms with Crippen molar-refractivity contribution in [1.82, 2.24) is 20.2 Å². The van der Waals surface area contributed by atoms with E-state index in [1.165, 1.54) is 12.4 Å². The molecular formula is C11H15N7O. The fraction of sp³-hybridized carbons (Fsp3) is 0.273. The predicted octanol–water partition coefficient (Wildman–Crippen LogP) is 0.861. The number of hydrazine groups is 1. The Morgan fingerprint density at radius 1 is 1.42 bits per heavy atom. The van der Waals surface area contributed by atoms with Crippen LogP contribution >= 0.6 is 0 Å². The third kappa shape index (κ3) is 2.86. The molecule has 0 aliphatic heterocycles. The number of rotatable bonds is 4. The van der Waals surface area contributed by atoms with Gasteiger partial charge in [-0.25, -0.2) is 9.97 Å². The largest absolute Gasteiger partial charge is 0.321 e. The van der Waals surface area contributed by atoms with Crippen molar-refractivity contribution >= 4 is 17.3 Å². The lowest BCUT2D eigenvalue weighted by atomic mass is 10.2. The topological polar surface area (TPSA) is 122 Å². The summed E-state index contributed by atoms with van der Waals surface area (Å²) in [5.74, 6) is 5.68. The van der Waals surface area contributed by atoms with Crippen LogP contribution in [0.1, 0.15) is 36.1 Å². The van der Waals surface area contributed by atoms with Gasteiger partial charge in [0.1, 0.15) is 5.82 Å². The normalized spacial score (nSPS) is 10.5. The lowest BCUT2D eigenvalue weighted by molar-refractivity contribution is 0.102. The van der Waals surface area contributed by atoms with Crippen LogP contribution < -0.4 is 16.6 Å². The second kappa shape index (κ2) is 5.44. The number of anilines is 2. The summed E-state index contributed by atoms with van der Waals surface area (Å²) < 4.78 is 0. The molecule has 8 nitrogen and oxygen atoms in total. The average Bonchev–Trinajstić information content (AvgIpc) is 2.90. The summed E-state index contributed by atoms with van der Waals surface area (Å²) in [4.78, 5) is 20.5. The number of nitrogens with one attached hydrogen (secondary N) is 3. The minimum Gasteiger partial charge on any atom is -0.321 e. The number of hydrogen-bond donors (Lipinski definition) is 4. The molecular weight excluding hydrogens is 246 g/mol. The van der Waals surface area contributed by atoms with Gasteiger partial charge in [-0.15, -0.1) is 0 Å². The third-order valence-electron chi connectivity index (χ3n) is 2.45. The number of nitrogens with zero attached hydrogens (tertiary/aromatic N) is 3. The highest BCUT2D eigenvalue weighted by molar-refractivity contribution is 6.06. The van der Waals surface area contributed by atoms with Gasteiger partial charge in [0, 0.05) is 12.1 Å². The van der Waals surface area contributed by atoms with E-state index in [4.69, 9.17) is 5.84 Å². The van der Waals surface area contributed by atoms with Crippen LogP contribution in [-0.2, 0) is 0 Å². The Balaban J connectivity index is 2.30. The molecule has 0 aliphatic rings. The zero-order valence-corrected chi connectivity index (χ0v) is 10.6. The van der Waals surface area contributed by atoms with Crippen molar-refractivity contribution in [3.63, 3.8) is 0 Å². The van der Waals surface area contributed by atoms with E-state index in [0.717, 1.165) is 0 Å². The van der Waals surface area contributed by atoms with Crippen molar-refractivity contribution < 1.29 is 4.79 Å². The fourth-order valence-electron chi connectivity index (χ4n) is 1.46. The second-order valence-corrected chi connectivity index (χ2v) is 4.23. The van der Waals surface area contributed by atoms with Gasteiger partial charge >= 0.3 is 0 Å². The Bertz CT molecular complexity index is 564. The number of aromatic nitrogens is 4. The van der Waals surface area contributed by atoms with Crippen molar-refractivity contribution in [3.05, 3.63) is 30.1 Å². The Labute approximate surface area is 109 Å². The van der Waals surface area contributed by atoms with E-state index in [9.17, 15) is 4.79 Å². The number of nitrogens with two attached hydrogens (primary N) is 1. The molecule has 100 valence electrons. The van der Waals surface area contributed by atoms with Gasteiger partial charge in [0.05, 0.1) is 23.8 Å². The molecule has 0 radical (unpaired) electrons. The molecule has 0 saturated heterocycles. The van der Waals surface area contributed by atoms with E-state index in [-0.39, 0.29) is 17.5 Å². The summed E-state index contributed by atoms with van der Waals surface area (Å²) in [5.41, 5.74) is 3.53. The van der Waals surface area contributed by atoms with Crippen molar-refractivity contribution in [2.45, 2.75) is 19.8 Å². The first kappa shape index (κ1) is 13.0. The summed E-state index contributed by atoms with van der Waals surface area (Å²) in [6.45, 7) is 3.89. The molecule has 0 spiro atoms. The zero-order chi connectivity index (χ0) is 13.8. The maximum Gasteiger partial charge on any atom is 0.276 e. The lowest BCUT2D eigenvalue weighted by Gasteiger charge is -2.10. The van der Waals surface area contributed by atoms with Gasteiger partial charge in [-0.05, 0) is 0 Å². The molecule has 8 heteroatoms. The van der Waals surface area contributed by atoms with E-state index in [1.807, 2.05) is 13.8 Å². The van der Waals surface area contributed by atoms with Crippen LogP contribution in [0.25, 0.3) is 0 Å². The predicted molar refractivity (Wildman–Crippen MR) is 70.5 cm³/mol. The van der Waals surface area contributed by atoms with Gasteiger partial charge in [0.25, 0.3) is 5.91 Å². The molecule has 0 bridgehead atoms. The molecule has 2 rings (SSSR count). The molecule has 1 amide bonds. The minimum absolute atomic E-state index is 0.118. The highest BCUT2D eigenvalue weighted by Gasteiger charge is 2.16. The Kier molecular flexibility index (Phi) is 3.71. The molecule has 0 aromatic carbocycles. The second-order valence-electron chi connectivity index (χ2n) is 4.23. The summed E-state index contributed by atoms with van der Waals surface area (Å²) in [5, 5.41) is 9.01. The number of aromatic amines is 1. The highest BCUT2D eigenvalue weighted by atomic mass is 16.1. The van der Waals surface area contributed by atoms with Gasteiger partial charge in [-0.2, -0.15) is 5.10 Å². The zero-order valence-electron chi connectivity index (χ0n) is 10.6. The number of amides is 1. The lowest BCUT2D eigenvalue weighted by Crippen LogP contribution is -2.20. The maximum absolute atomic E-state index is 12.1. The minimum atomic E-state index is -0.376. The molecule has 2 heterocycles. The molecule has 2 aromatic heterocycles. The van der Waals surface area contributed by atoms with Crippen molar-refractivity contribution in [2.24, 2.45) is 5.84 Å². The first-order valence-corrected chi connectivity index (χ1v) is 5.75. The van der Waals surface area contributed by atoms with Crippen LogP contribution in [0.15, 0.2) is 18.6 Å². The van der Waals surface area contributed by atoms with Crippen LogP contribution in [0, 0.1) is 0 Å². The van der Waals surface area contributed by atoms with E-state index in [1.54, 1.807) is 6.20 Å². The number of nitrogen functional groups attached to an aromatic ring is 1. The molecule has 5 N–H and O–H groups in total. The summed E-state index contributed by atoms with van der Waals surface area (Å²) in [6.07, 6.45) is 4.56. The summed E-state index contributed by atoms with van der Waals surface area (Å²) in [7, 11) is 0. The van der Waals surface area contributed by atoms with Gasteiger partial charge in [0.15, 0.2) is 5.69 Å². The van der Waals surface area contributed by atoms with Crippen LogP contribution in [0.5, 0.6) is 0 Å². The molecule has 0 fully saturated rings. The highest BCUT2D eigenvalue weighted by Crippen LogP contribution is 2.16. The fourth-order valence-corrected chi connectivity index (χ4v) is 1.46. The van der Waals surface area contributed by atoms with Crippen LogP contribution in [0.4, 0.5) is 11.4 Å². The van der Waals surface area contributed by atoms with E-state index in [2.05, 4.69) is 30.9 Å². The molecule has 0 atom stereocenters. The average molecular weight is 261 g/mol. The summed E-state index contributed by atoms with van der Waals surface area (Å²) in [6, 6.07) is 0. The van der Waals surface area contributed by atoms with Gasteiger partial charge < -0.3 is 10.7 Å². The van der Waals surface area contributed by atoms with Crippen molar-refractivity contribution in [1.29, 1.82) is 0 Å². The number of hydrogen-bond acceptors (Lipinski definition) is 6. The van der Waals surface area contributed by atoms with Gasteiger partial charge in [-0.3, -0.25) is 15.7 Å². The summed E-state index contributed by atoms with van der Waals surface area (Å²) >= 11 is 0. The number of carbonyl (C=O) groups is 1. The third-order valence-corrected chi connectivity index (χ3v) is 2.45. The number of H-pyrrole nitrogens is 1. The molecule has 0 unspecified atom stereocenters. The molecule has 0 aliphatic carbocycles. The smallest absolute Gasteiger partial charge is 0.276 e. The Morgan fingerprint density at radius 2 is 2.21 bits per heavy atom. The van der Waals surface area contributed by atoms with Crippen molar-refractivity contribution in [3.8, 4) is 0 Å². The first-order chi connectivity index (χ1) is 9.11. The van der Waals surface area contributed by atoms with E-state index in [0.29, 0.717) is 17.2 Å². The Hall–Kier alpha value is -2.48. The van der Waals surface area contributed by atoms with Crippen LogP contribution in [0.3, 0.4) is 0 Å².